The van der Waals surface area contributed by atoms with Crippen LogP contribution in [0.15, 0.2) is 71.3 Å². The molecule has 0 N–H and O–H groups in total. The van der Waals surface area contributed by atoms with Crippen molar-refractivity contribution in [1.82, 2.24) is 4.57 Å². The molecule has 0 bridgehead atoms. The summed E-state index contributed by atoms with van der Waals surface area (Å²) >= 11 is 0. The molecule has 4 rings (SSSR count). The Bertz CT molecular complexity index is 1100. The number of anilines is 1. The highest BCUT2D eigenvalue weighted by atomic mass is 16.2. The van der Waals surface area contributed by atoms with Gasteiger partial charge in [-0.25, -0.2) is 0 Å². The molecule has 1 aliphatic rings. The Labute approximate surface area is 165 Å². The smallest absolute Gasteiger partial charge is 0.280 e. The lowest BCUT2D eigenvalue weighted by molar-refractivity contribution is -0.114. The minimum absolute atomic E-state index is 0.0937. The molecule has 0 spiro atoms. The van der Waals surface area contributed by atoms with Gasteiger partial charge in [-0.3, -0.25) is 4.79 Å². The van der Waals surface area contributed by atoms with Crippen LogP contribution in [0.2, 0.25) is 0 Å². The molecule has 0 atom stereocenters. The number of nitrogens with zero attached hydrogens (tertiary/aromatic N) is 3. The fraction of sp³-hybridized carbons (Fsp3) is 0.167. The first-order chi connectivity index (χ1) is 13.5. The number of hydrazone groups is 1. The number of benzene rings is 2. The van der Waals surface area contributed by atoms with Gasteiger partial charge >= 0.3 is 0 Å². The molecule has 3 aromatic rings. The highest BCUT2D eigenvalue weighted by Crippen LogP contribution is 2.27. The maximum atomic E-state index is 13.0. The molecule has 0 saturated carbocycles. The van der Waals surface area contributed by atoms with Crippen molar-refractivity contribution in [1.29, 1.82) is 0 Å². The lowest BCUT2D eigenvalue weighted by Gasteiger charge is -2.11. The largest absolute Gasteiger partial charge is 0.318 e. The Morgan fingerprint density at radius 1 is 0.857 bits per heavy atom. The summed E-state index contributed by atoms with van der Waals surface area (Å²) in [5.74, 6) is -0.0937. The fourth-order valence-corrected chi connectivity index (χ4v) is 3.61. The highest BCUT2D eigenvalue weighted by molar-refractivity contribution is 6.32. The van der Waals surface area contributed by atoms with Crippen LogP contribution in [-0.2, 0) is 4.79 Å². The van der Waals surface area contributed by atoms with Crippen LogP contribution in [0.1, 0.15) is 29.4 Å². The minimum atomic E-state index is -0.0937. The third-order valence-electron chi connectivity index (χ3n) is 5.13. The van der Waals surface area contributed by atoms with Gasteiger partial charge in [-0.05, 0) is 69.7 Å². The molecule has 2 aromatic carbocycles. The van der Waals surface area contributed by atoms with E-state index in [0.29, 0.717) is 5.57 Å². The van der Waals surface area contributed by atoms with Gasteiger partial charge in [-0.2, -0.15) is 10.1 Å². The Balaban J connectivity index is 1.72. The zero-order valence-corrected chi connectivity index (χ0v) is 16.6. The van der Waals surface area contributed by atoms with Gasteiger partial charge < -0.3 is 4.57 Å². The first-order valence-electron chi connectivity index (χ1n) is 9.38. The summed E-state index contributed by atoms with van der Waals surface area (Å²) in [5, 5.41) is 5.94. The summed E-state index contributed by atoms with van der Waals surface area (Å²) < 4.78 is 2.21. The van der Waals surface area contributed by atoms with E-state index in [2.05, 4.69) is 60.8 Å². The minimum Gasteiger partial charge on any atom is -0.318 e. The van der Waals surface area contributed by atoms with Crippen molar-refractivity contribution in [2.24, 2.45) is 5.10 Å². The number of hydrogen-bond acceptors (Lipinski definition) is 2. The van der Waals surface area contributed by atoms with E-state index in [1.807, 2.05) is 43.3 Å². The fourth-order valence-electron chi connectivity index (χ4n) is 3.61. The van der Waals surface area contributed by atoms with Gasteiger partial charge in [0.1, 0.15) is 0 Å². The molecule has 1 aromatic heterocycles. The number of aromatic nitrogens is 1. The summed E-state index contributed by atoms with van der Waals surface area (Å²) in [6.07, 6.45) is 1.96. The third kappa shape index (κ3) is 3.07. The molecule has 0 saturated heterocycles. The monoisotopic (exact) mass is 369 g/mol. The summed E-state index contributed by atoms with van der Waals surface area (Å²) in [7, 11) is 0. The number of amides is 1. The standard InChI is InChI=1S/C24H23N3O/c1-16-10-12-21(13-11-16)26-17(2)14-20(19(26)4)15-23-18(3)25-27(24(23)28)22-8-6-5-7-9-22/h5-15H,1-4H3/b23-15+. The second-order valence-corrected chi connectivity index (χ2v) is 7.19. The first kappa shape index (κ1) is 18.0. The second kappa shape index (κ2) is 6.97. The van der Waals surface area contributed by atoms with Crippen LogP contribution in [0.3, 0.4) is 0 Å². The van der Waals surface area contributed by atoms with Crippen molar-refractivity contribution in [2.45, 2.75) is 27.7 Å². The van der Waals surface area contributed by atoms with Crippen LogP contribution in [-0.4, -0.2) is 16.2 Å². The number of para-hydroxylation sites is 1. The van der Waals surface area contributed by atoms with Gasteiger partial charge in [0.05, 0.1) is 17.0 Å². The number of aryl methyl sites for hydroxylation is 2. The maximum absolute atomic E-state index is 13.0. The van der Waals surface area contributed by atoms with E-state index in [4.69, 9.17) is 0 Å². The van der Waals surface area contributed by atoms with Gasteiger partial charge in [0, 0.05) is 17.1 Å². The Morgan fingerprint density at radius 2 is 1.54 bits per heavy atom. The van der Waals surface area contributed by atoms with Crippen LogP contribution in [0.25, 0.3) is 11.8 Å². The molecule has 1 amide bonds. The van der Waals surface area contributed by atoms with Crippen molar-refractivity contribution in [3.63, 3.8) is 0 Å². The molecule has 140 valence electrons. The summed E-state index contributed by atoms with van der Waals surface area (Å²) in [6, 6.07) is 20.1. The molecule has 4 nitrogen and oxygen atoms in total. The van der Waals surface area contributed by atoms with E-state index in [-0.39, 0.29) is 5.91 Å². The van der Waals surface area contributed by atoms with E-state index >= 15 is 0 Å². The summed E-state index contributed by atoms with van der Waals surface area (Å²) in [4.78, 5) is 13.0. The predicted octanol–water partition coefficient (Wildman–Crippen LogP) is 5.21. The molecule has 1 aliphatic heterocycles. The topological polar surface area (TPSA) is 37.6 Å². The van der Waals surface area contributed by atoms with E-state index in [1.165, 1.54) is 10.6 Å². The second-order valence-electron chi connectivity index (χ2n) is 7.19. The molecule has 0 fully saturated rings. The predicted molar refractivity (Wildman–Crippen MR) is 115 cm³/mol. The lowest BCUT2D eigenvalue weighted by atomic mass is 10.1. The van der Waals surface area contributed by atoms with Gasteiger partial charge in [0.25, 0.3) is 5.91 Å². The molecule has 0 unspecified atom stereocenters. The van der Waals surface area contributed by atoms with Crippen LogP contribution in [0, 0.1) is 20.8 Å². The van der Waals surface area contributed by atoms with Crippen molar-refractivity contribution in [2.75, 3.05) is 5.01 Å². The van der Waals surface area contributed by atoms with E-state index in [1.54, 1.807) is 0 Å². The van der Waals surface area contributed by atoms with E-state index in [0.717, 1.165) is 34.0 Å². The van der Waals surface area contributed by atoms with Crippen LogP contribution in [0.5, 0.6) is 0 Å². The molecule has 2 heterocycles. The molecule has 0 radical (unpaired) electrons. The van der Waals surface area contributed by atoms with Gasteiger partial charge in [0.15, 0.2) is 0 Å². The Hall–Kier alpha value is -3.40. The average molecular weight is 369 g/mol. The van der Waals surface area contributed by atoms with Crippen LogP contribution < -0.4 is 5.01 Å². The molecular formula is C24H23N3O. The quantitative estimate of drug-likeness (QED) is 0.584. The van der Waals surface area contributed by atoms with Gasteiger partial charge in [-0.1, -0.05) is 35.9 Å². The van der Waals surface area contributed by atoms with Crippen molar-refractivity contribution in [3.8, 4) is 5.69 Å². The Kier molecular flexibility index (Phi) is 4.47. The Morgan fingerprint density at radius 3 is 2.21 bits per heavy atom. The third-order valence-corrected chi connectivity index (χ3v) is 5.13. The van der Waals surface area contributed by atoms with Gasteiger partial charge in [-0.15, -0.1) is 0 Å². The number of hydrogen-bond donors (Lipinski definition) is 0. The highest BCUT2D eigenvalue weighted by Gasteiger charge is 2.29. The van der Waals surface area contributed by atoms with E-state index in [9.17, 15) is 4.79 Å². The molecule has 0 aliphatic carbocycles. The molecular weight excluding hydrogens is 346 g/mol. The zero-order valence-electron chi connectivity index (χ0n) is 16.6. The van der Waals surface area contributed by atoms with Crippen LogP contribution in [0.4, 0.5) is 5.69 Å². The SMILES string of the molecule is CC1=NN(c2ccccc2)C(=O)/C1=C/c1cc(C)n(-c2ccc(C)cc2)c1C. The van der Waals surface area contributed by atoms with Crippen molar-refractivity contribution >= 4 is 23.4 Å². The van der Waals surface area contributed by atoms with Crippen molar-refractivity contribution in [3.05, 3.63) is 88.8 Å². The normalized spacial score (nSPS) is 15.4. The molecule has 4 heteroatoms. The lowest BCUT2D eigenvalue weighted by Crippen LogP contribution is -2.21. The summed E-state index contributed by atoms with van der Waals surface area (Å²) in [6.45, 7) is 8.13. The maximum Gasteiger partial charge on any atom is 0.280 e. The van der Waals surface area contributed by atoms with Crippen LogP contribution >= 0.6 is 0 Å². The summed E-state index contributed by atoms with van der Waals surface area (Å²) in [5.41, 5.74) is 7.77. The van der Waals surface area contributed by atoms with E-state index < -0.39 is 0 Å². The number of rotatable bonds is 3. The molecule has 28 heavy (non-hydrogen) atoms. The average Bonchev–Trinajstić information content (AvgIpc) is 3.13. The first-order valence-corrected chi connectivity index (χ1v) is 9.38. The van der Waals surface area contributed by atoms with Crippen molar-refractivity contribution < 1.29 is 4.79 Å². The number of carbonyl (C=O) groups excluding carboxylic acids is 1. The van der Waals surface area contributed by atoms with Gasteiger partial charge in [0.2, 0.25) is 0 Å². The zero-order chi connectivity index (χ0) is 19.8. The number of carbonyl (C=O) groups is 1.